The van der Waals surface area contributed by atoms with Gasteiger partial charge in [-0.25, -0.2) is 14.4 Å². The standard InChI is InChI=1S/C24H25N3O3.C23H23N3O3.C17H22BNO3.C12H13BrN2O2.CH3I/c1-24(2)22(29)25(3)23(30)27(24)13-15-4-6-16(7-5-15)17-8-11-20-18(12-17)14-26(21(20)28)19-9-10-19;1-23(2)21(28)24-22(29)26(23)12-14-3-5-15(6-4-14)16-7-10-19-17(11-16)13-25(20(19)27)18-8-9-18;1-16(2)17(3,4)22-18(21-16)12-5-8-14-11(9-12)10-19(15(14)20)13-6-7-13;1-12(2)10(16)14-11(17)15(12)7-8-3-5-9(13)6-4-8;1-2/h4-8,11-12,19H,9-10,13-14H2,1-3H3;3-7,10-11,18H,8-9,12-13H2,1-2H3,(H,24,28,29);5,8-9,13H,6-7,10H2,1-4H3;3-6H,7H2,1-2H3,(H,14,16,17);1H3. The Hall–Kier alpha value is -8.26. The van der Waals surface area contributed by atoms with Gasteiger partial charge < -0.3 is 38.7 Å². The zero-order valence-corrected chi connectivity index (χ0v) is 62.5. The normalized spacial score (nSPS) is 20.8. The van der Waals surface area contributed by atoms with Gasteiger partial charge in [-0.05, 0) is 216 Å². The predicted molar refractivity (Wildman–Crippen MR) is 393 cm³/mol. The molecule has 3 saturated carbocycles. The van der Waals surface area contributed by atoms with E-state index in [0.29, 0.717) is 50.8 Å². The van der Waals surface area contributed by atoms with Crippen molar-refractivity contribution in [3.8, 4) is 22.3 Å². The van der Waals surface area contributed by atoms with Crippen LogP contribution in [0.4, 0.5) is 14.4 Å². The number of rotatable bonds is 12. The number of amides is 12. The Morgan fingerprint density at radius 1 is 0.440 bits per heavy atom. The van der Waals surface area contributed by atoms with Crippen molar-refractivity contribution in [1.29, 1.82) is 0 Å². The second-order valence-corrected chi connectivity index (χ2v) is 30.8. The molecule has 10 aliphatic rings. The highest BCUT2D eigenvalue weighted by molar-refractivity contribution is 14.1. The number of nitrogens with one attached hydrogen (secondary N) is 2. The van der Waals surface area contributed by atoms with Crippen LogP contribution in [0.1, 0.15) is 172 Å². The molecule has 100 heavy (non-hydrogen) atoms. The molecule has 2 N–H and O–H groups in total. The zero-order valence-electron chi connectivity index (χ0n) is 58.8. The van der Waals surface area contributed by atoms with Gasteiger partial charge in [0.15, 0.2) is 0 Å². The molecule has 7 aliphatic heterocycles. The molecule has 16 rings (SSSR count). The van der Waals surface area contributed by atoms with Crippen molar-refractivity contribution < 1.29 is 52.5 Å². The molecule has 0 radical (unpaired) electrons. The van der Waals surface area contributed by atoms with E-state index in [9.17, 15) is 43.2 Å². The summed E-state index contributed by atoms with van der Waals surface area (Å²) in [7, 11) is 1.17. The Balaban J connectivity index is 0.000000128. The van der Waals surface area contributed by atoms with Gasteiger partial charge >= 0.3 is 25.2 Å². The third-order valence-corrected chi connectivity index (χ3v) is 21.8. The number of imide groups is 3. The maximum atomic E-state index is 12.5. The van der Waals surface area contributed by atoms with E-state index in [2.05, 4.69) is 95.0 Å². The zero-order chi connectivity index (χ0) is 71.9. The van der Waals surface area contributed by atoms with Gasteiger partial charge in [0.1, 0.15) is 16.6 Å². The molecule has 12 amide bonds. The molecule has 0 aromatic heterocycles. The van der Waals surface area contributed by atoms with Gasteiger partial charge in [-0.3, -0.25) is 44.3 Å². The number of nitrogens with zero attached hydrogens (tertiary/aromatic N) is 7. The predicted octanol–water partition coefficient (Wildman–Crippen LogP) is 12.4. The molecule has 522 valence electrons. The van der Waals surface area contributed by atoms with Crippen LogP contribution in [0.15, 0.2) is 132 Å². The van der Waals surface area contributed by atoms with Crippen LogP contribution in [0.2, 0.25) is 0 Å². The Kier molecular flexibility index (Phi) is 19.5. The quantitative estimate of drug-likeness (QED) is 0.0508. The third-order valence-electron chi connectivity index (χ3n) is 21.2. The lowest BCUT2D eigenvalue weighted by Gasteiger charge is -2.32. The van der Waals surface area contributed by atoms with Gasteiger partial charge in [0, 0.05) is 85.6 Å². The highest BCUT2D eigenvalue weighted by Crippen LogP contribution is 2.41. The van der Waals surface area contributed by atoms with E-state index in [1.807, 2.05) is 129 Å². The number of alkyl halides is 1. The molecular weight excluding hydrogens is 1440 g/mol. The molecule has 7 heterocycles. The largest absolute Gasteiger partial charge is 0.494 e. The van der Waals surface area contributed by atoms with Gasteiger partial charge in [-0.15, -0.1) is 0 Å². The van der Waals surface area contributed by atoms with Crippen LogP contribution in [-0.2, 0) is 63.0 Å². The van der Waals surface area contributed by atoms with Crippen molar-refractivity contribution in [3.05, 3.63) is 182 Å². The van der Waals surface area contributed by atoms with E-state index in [1.54, 1.807) is 56.2 Å². The molecule has 23 heteroatoms. The monoisotopic (exact) mass is 1530 g/mol. The number of carbonyl (C=O) groups is 9. The Labute approximate surface area is 607 Å². The molecule has 3 aliphatic carbocycles. The molecule has 0 atom stereocenters. The highest BCUT2D eigenvalue weighted by atomic mass is 127. The van der Waals surface area contributed by atoms with Crippen LogP contribution >= 0.6 is 38.5 Å². The molecular formula is C77H86BBrIN9O11. The van der Waals surface area contributed by atoms with Crippen LogP contribution in [0.3, 0.4) is 0 Å². The first-order valence-corrected chi connectivity index (χ1v) is 37.1. The summed E-state index contributed by atoms with van der Waals surface area (Å²) in [5.74, 6) is -0.209. The van der Waals surface area contributed by atoms with Gasteiger partial charge in [0.2, 0.25) is 0 Å². The number of carbonyl (C=O) groups excluding carboxylic acids is 9. The highest BCUT2D eigenvalue weighted by Gasteiger charge is 2.53. The summed E-state index contributed by atoms with van der Waals surface area (Å²) < 4.78 is 13.2. The molecule has 20 nitrogen and oxygen atoms in total. The van der Waals surface area contributed by atoms with E-state index in [-0.39, 0.29) is 71.9 Å². The minimum atomic E-state index is -0.851. The van der Waals surface area contributed by atoms with Crippen LogP contribution in [0.25, 0.3) is 22.3 Å². The fourth-order valence-electron chi connectivity index (χ4n) is 13.5. The maximum absolute atomic E-state index is 12.5. The van der Waals surface area contributed by atoms with Crippen molar-refractivity contribution in [2.75, 3.05) is 12.0 Å². The summed E-state index contributed by atoms with van der Waals surface area (Å²) in [5.41, 5.74) is 10.8. The second-order valence-electron chi connectivity index (χ2n) is 29.9. The summed E-state index contributed by atoms with van der Waals surface area (Å²) >= 11 is 5.50. The molecule has 0 spiro atoms. The Morgan fingerprint density at radius 2 is 0.770 bits per heavy atom. The van der Waals surface area contributed by atoms with Crippen LogP contribution < -0.4 is 16.1 Å². The number of halogens is 2. The average Bonchev–Trinajstić information content (AvgIpc) is 1.64. The Morgan fingerprint density at radius 3 is 1.10 bits per heavy atom. The molecule has 0 unspecified atom stereocenters. The average molecular weight is 1530 g/mol. The molecule has 4 saturated heterocycles. The second kappa shape index (κ2) is 27.3. The van der Waals surface area contributed by atoms with Gasteiger partial charge in [-0.2, -0.15) is 0 Å². The number of benzene rings is 6. The lowest BCUT2D eigenvalue weighted by molar-refractivity contribution is -0.131. The first-order valence-electron chi connectivity index (χ1n) is 34.2. The smallest absolute Gasteiger partial charge is 0.399 e. The van der Waals surface area contributed by atoms with E-state index >= 15 is 0 Å². The number of fused-ring (bicyclic) bond motifs is 3. The van der Waals surface area contributed by atoms with Crippen molar-refractivity contribution in [2.45, 2.75) is 193 Å². The molecule has 6 aromatic rings. The first-order chi connectivity index (χ1) is 47.3. The molecule has 7 fully saturated rings. The minimum Gasteiger partial charge on any atom is -0.399 e. The van der Waals surface area contributed by atoms with Crippen LogP contribution in [-0.4, -0.2) is 153 Å². The van der Waals surface area contributed by atoms with E-state index in [1.165, 1.54) is 11.9 Å². The summed E-state index contributed by atoms with van der Waals surface area (Å²) in [5, 5.41) is 4.70. The van der Waals surface area contributed by atoms with Crippen molar-refractivity contribution in [1.82, 2.24) is 44.9 Å². The minimum absolute atomic E-state index is 0.158. The van der Waals surface area contributed by atoms with Gasteiger partial charge in [0.05, 0.1) is 11.2 Å². The lowest BCUT2D eigenvalue weighted by Crippen LogP contribution is -2.43. The molecule has 6 aromatic carbocycles. The number of hydrogen-bond donors (Lipinski definition) is 2. The Bertz CT molecular complexity index is 4290. The fraction of sp³-hybridized carbons (Fsp3) is 0.416. The van der Waals surface area contributed by atoms with E-state index in [4.69, 9.17) is 9.31 Å². The summed E-state index contributed by atoms with van der Waals surface area (Å²) in [6.07, 6.45) is 6.75. The maximum Gasteiger partial charge on any atom is 0.494 e. The van der Waals surface area contributed by atoms with Gasteiger partial charge in [0.25, 0.3) is 35.4 Å². The number of urea groups is 3. The fourth-order valence-corrected chi connectivity index (χ4v) is 13.8. The number of hydrogen-bond acceptors (Lipinski definition) is 11. The van der Waals surface area contributed by atoms with Gasteiger partial charge in [-0.1, -0.05) is 123 Å². The SMILES string of the molecule is CC1(C)C(=O)NC(=O)N1Cc1ccc(-c2ccc3c(c2)CN(C2CC2)C3=O)cc1.CC1(C)C(=O)NC(=O)N1Cc1ccc(Br)cc1.CC1(C)OB(c2ccc3c(c2)CN(C2CC2)C3=O)OC1(C)C.CI.CN1C(=O)N(Cc2ccc(-c3ccc4c(c3)CN(C3CC3)C4=O)cc2)C(C)(C)C1=O. The summed E-state index contributed by atoms with van der Waals surface area (Å²) in [6.45, 7) is 22.1. The first kappa shape index (κ1) is 71.6. The molecule has 0 bridgehead atoms. The van der Waals surface area contributed by atoms with Crippen LogP contribution in [0, 0.1) is 0 Å². The lowest BCUT2D eigenvalue weighted by atomic mass is 9.78. The van der Waals surface area contributed by atoms with E-state index < -0.39 is 16.6 Å². The van der Waals surface area contributed by atoms with Crippen molar-refractivity contribution in [2.24, 2.45) is 0 Å². The summed E-state index contributed by atoms with van der Waals surface area (Å²) in [6, 6.07) is 42.2. The number of likely N-dealkylation sites (N-methyl/N-ethyl adjacent to an activating group) is 1. The summed E-state index contributed by atoms with van der Waals surface area (Å²) in [4.78, 5) is 123. The third kappa shape index (κ3) is 14.0. The van der Waals surface area contributed by atoms with Crippen molar-refractivity contribution in [3.63, 3.8) is 0 Å². The van der Waals surface area contributed by atoms with Crippen LogP contribution in [0.5, 0.6) is 0 Å². The van der Waals surface area contributed by atoms with Crippen molar-refractivity contribution >= 4 is 105 Å². The van der Waals surface area contributed by atoms with E-state index in [0.717, 1.165) is 127 Å². The topological polar surface area (TPSA) is 219 Å².